The second kappa shape index (κ2) is 13.3. The van der Waals surface area contributed by atoms with Gasteiger partial charge in [-0.15, -0.1) is 0 Å². The molecule has 0 aromatic heterocycles. The zero-order valence-corrected chi connectivity index (χ0v) is 19.3. The molecule has 1 aliphatic heterocycles. The fourth-order valence-corrected chi connectivity index (χ4v) is 3.92. The molecule has 1 aliphatic rings. The summed E-state index contributed by atoms with van der Waals surface area (Å²) in [7, 11) is 0. The lowest BCUT2D eigenvalue weighted by molar-refractivity contribution is -0.183. The molecule has 0 radical (unpaired) electrons. The molecule has 0 amide bonds. The molecule has 1 heterocycles. The summed E-state index contributed by atoms with van der Waals surface area (Å²) in [6.45, 7) is 2.51. The van der Waals surface area contributed by atoms with Crippen molar-refractivity contribution in [3.05, 3.63) is 108 Å². The van der Waals surface area contributed by atoms with Gasteiger partial charge in [-0.1, -0.05) is 91.0 Å². The van der Waals surface area contributed by atoms with Crippen molar-refractivity contribution in [2.24, 2.45) is 5.73 Å². The van der Waals surface area contributed by atoms with Crippen molar-refractivity contribution in [3.63, 3.8) is 0 Å². The summed E-state index contributed by atoms with van der Waals surface area (Å²) in [5.74, 6) is 0. The molecule has 0 aliphatic carbocycles. The minimum atomic E-state index is -0.585. The quantitative estimate of drug-likeness (QED) is 0.412. The Bertz CT molecular complexity index is 941. The highest BCUT2D eigenvalue weighted by molar-refractivity contribution is 5.15. The number of hydrogen-bond donors (Lipinski definition) is 1. The van der Waals surface area contributed by atoms with E-state index in [0.717, 1.165) is 16.7 Å². The van der Waals surface area contributed by atoms with Crippen LogP contribution in [0.15, 0.2) is 91.0 Å². The van der Waals surface area contributed by atoms with E-state index in [9.17, 15) is 0 Å². The van der Waals surface area contributed by atoms with Crippen LogP contribution in [0.5, 0.6) is 0 Å². The van der Waals surface area contributed by atoms with Crippen LogP contribution in [0.2, 0.25) is 0 Å². The molecular weight excluding hydrogens is 430 g/mol. The third kappa shape index (κ3) is 7.21. The summed E-state index contributed by atoms with van der Waals surface area (Å²) >= 11 is 0. The summed E-state index contributed by atoms with van der Waals surface area (Å²) in [6.07, 6.45) is -1.70. The molecule has 6 nitrogen and oxygen atoms in total. The van der Waals surface area contributed by atoms with Crippen molar-refractivity contribution < 1.29 is 23.7 Å². The third-order valence-electron chi connectivity index (χ3n) is 5.63. The van der Waals surface area contributed by atoms with Gasteiger partial charge in [0.2, 0.25) is 0 Å². The highest BCUT2D eigenvalue weighted by Crippen LogP contribution is 2.30. The molecule has 180 valence electrons. The lowest BCUT2D eigenvalue weighted by atomic mass is 10.1. The summed E-state index contributed by atoms with van der Waals surface area (Å²) in [4.78, 5) is 0. The van der Waals surface area contributed by atoms with Crippen LogP contribution in [0.3, 0.4) is 0 Å². The van der Waals surface area contributed by atoms with Crippen LogP contribution in [0.1, 0.15) is 16.7 Å². The van der Waals surface area contributed by atoms with E-state index in [0.29, 0.717) is 39.6 Å². The molecule has 34 heavy (non-hydrogen) atoms. The van der Waals surface area contributed by atoms with E-state index in [1.165, 1.54) is 0 Å². The minimum Gasteiger partial charge on any atom is -0.374 e. The molecule has 4 atom stereocenters. The predicted octanol–water partition coefficient (Wildman–Crippen LogP) is 4.07. The molecule has 1 saturated heterocycles. The molecular formula is C28H33NO5. The maximum atomic E-state index is 6.37. The van der Waals surface area contributed by atoms with Crippen LogP contribution in [-0.2, 0) is 43.5 Å². The van der Waals surface area contributed by atoms with E-state index in [-0.39, 0.29) is 12.2 Å². The highest BCUT2D eigenvalue weighted by atomic mass is 16.7. The minimum absolute atomic E-state index is 0.337. The van der Waals surface area contributed by atoms with Gasteiger partial charge in [-0.2, -0.15) is 0 Å². The summed E-state index contributed by atoms with van der Waals surface area (Å²) in [6, 6.07) is 30.2. The van der Waals surface area contributed by atoms with Gasteiger partial charge in [-0.3, -0.25) is 0 Å². The second-order valence-electron chi connectivity index (χ2n) is 8.23. The zero-order valence-electron chi connectivity index (χ0n) is 19.3. The monoisotopic (exact) mass is 463 g/mol. The first-order chi connectivity index (χ1) is 16.8. The van der Waals surface area contributed by atoms with Crippen molar-refractivity contribution >= 4 is 0 Å². The normalized spacial score (nSPS) is 22.1. The van der Waals surface area contributed by atoms with Crippen molar-refractivity contribution in [1.29, 1.82) is 0 Å². The molecule has 1 fully saturated rings. The van der Waals surface area contributed by atoms with Crippen LogP contribution in [0.25, 0.3) is 0 Å². The summed E-state index contributed by atoms with van der Waals surface area (Å²) in [5, 5.41) is 0. The number of hydrogen-bond acceptors (Lipinski definition) is 6. The molecule has 6 heteroatoms. The Hall–Kier alpha value is -2.58. The van der Waals surface area contributed by atoms with Crippen molar-refractivity contribution in [2.75, 3.05) is 19.8 Å². The molecule has 3 aromatic rings. The average Bonchev–Trinajstić information content (AvgIpc) is 3.22. The standard InChI is InChI=1S/C28H33NO5/c29-16-17-31-28-27(33-20-24-14-8-3-9-15-24)26(32-19-23-12-6-2-7-13-23)25(34-28)21-30-18-22-10-4-1-5-11-22/h1-15,25-28H,16-21,29H2/t25-,26-,27-,28+/m1/s1. The van der Waals surface area contributed by atoms with E-state index in [1.807, 2.05) is 91.0 Å². The van der Waals surface area contributed by atoms with Gasteiger partial charge in [0.05, 0.1) is 33.0 Å². The van der Waals surface area contributed by atoms with Gasteiger partial charge in [-0.25, -0.2) is 0 Å². The predicted molar refractivity (Wildman–Crippen MR) is 130 cm³/mol. The fraction of sp³-hybridized carbons (Fsp3) is 0.357. The number of ether oxygens (including phenoxy) is 5. The van der Waals surface area contributed by atoms with Crippen LogP contribution >= 0.6 is 0 Å². The van der Waals surface area contributed by atoms with Gasteiger partial charge in [0.25, 0.3) is 0 Å². The van der Waals surface area contributed by atoms with Gasteiger partial charge in [0.1, 0.15) is 18.3 Å². The Morgan fingerprint density at radius 3 is 1.65 bits per heavy atom. The van der Waals surface area contributed by atoms with Gasteiger partial charge in [0.15, 0.2) is 6.29 Å². The van der Waals surface area contributed by atoms with Gasteiger partial charge in [0, 0.05) is 6.54 Å². The maximum absolute atomic E-state index is 6.37. The Kier molecular flexibility index (Phi) is 9.63. The van der Waals surface area contributed by atoms with E-state index in [2.05, 4.69) is 0 Å². The first-order valence-corrected chi connectivity index (χ1v) is 11.7. The molecule has 0 bridgehead atoms. The van der Waals surface area contributed by atoms with Crippen LogP contribution < -0.4 is 5.73 Å². The number of nitrogens with two attached hydrogens (primary N) is 1. The smallest absolute Gasteiger partial charge is 0.187 e. The Labute approximate surface area is 201 Å². The van der Waals surface area contributed by atoms with Gasteiger partial charge in [-0.05, 0) is 16.7 Å². The van der Waals surface area contributed by atoms with Gasteiger partial charge >= 0.3 is 0 Å². The topological polar surface area (TPSA) is 72.2 Å². The zero-order chi connectivity index (χ0) is 23.4. The lowest BCUT2D eigenvalue weighted by Crippen LogP contribution is -2.40. The average molecular weight is 464 g/mol. The third-order valence-corrected chi connectivity index (χ3v) is 5.63. The van der Waals surface area contributed by atoms with E-state index in [1.54, 1.807) is 0 Å². The highest BCUT2D eigenvalue weighted by Gasteiger charge is 2.47. The van der Waals surface area contributed by atoms with Crippen LogP contribution in [-0.4, -0.2) is 44.4 Å². The van der Waals surface area contributed by atoms with Crippen LogP contribution in [0, 0.1) is 0 Å². The SMILES string of the molecule is NCCO[C@H]1O[C@H](COCc2ccccc2)[C@@H](OCc2ccccc2)[C@H]1OCc1ccccc1. The van der Waals surface area contributed by atoms with Gasteiger partial charge < -0.3 is 29.4 Å². The molecule has 4 rings (SSSR count). The molecule has 0 spiro atoms. The first kappa shape index (κ1) is 24.5. The van der Waals surface area contributed by atoms with Crippen molar-refractivity contribution in [3.8, 4) is 0 Å². The second-order valence-corrected chi connectivity index (χ2v) is 8.23. The van der Waals surface area contributed by atoms with Crippen molar-refractivity contribution in [1.82, 2.24) is 0 Å². The Morgan fingerprint density at radius 2 is 1.12 bits per heavy atom. The van der Waals surface area contributed by atoms with Crippen molar-refractivity contribution in [2.45, 2.75) is 44.4 Å². The summed E-state index contributed by atoms with van der Waals surface area (Å²) in [5.41, 5.74) is 8.95. The Balaban J connectivity index is 1.45. The molecule has 2 N–H and O–H groups in total. The first-order valence-electron chi connectivity index (χ1n) is 11.7. The number of benzene rings is 3. The number of rotatable bonds is 13. The largest absolute Gasteiger partial charge is 0.374 e. The molecule has 3 aromatic carbocycles. The van der Waals surface area contributed by atoms with Crippen LogP contribution in [0.4, 0.5) is 0 Å². The van der Waals surface area contributed by atoms with E-state index in [4.69, 9.17) is 29.4 Å². The molecule has 0 unspecified atom stereocenters. The van der Waals surface area contributed by atoms with E-state index < -0.39 is 12.4 Å². The summed E-state index contributed by atoms with van der Waals surface area (Å²) < 4.78 is 30.9. The maximum Gasteiger partial charge on any atom is 0.187 e. The van der Waals surface area contributed by atoms with E-state index >= 15 is 0 Å². The lowest BCUT2D eigenvalue weighted by Gasteiger charge is -2.25. The molecule has 0 saturated carbocycles. The Morgan fingerprint density at radius 1 is 0.618 bits per heavy atom. The fourth-order valence-electron chi connectivity index (χ4n) is 3.92.